The van der Waals surface area contributed by atoms with Crippen molar-refractivity contribution in [2.45, 2.75) is 13.8 Å². The average Bonchev–Trinajstić information content (AvgIpc) is 2.91. The van der Waals surface area contributed by atoms with Gasteiger partial charge in [0.2, 0.25) is 0 Å². The van der Waals surface area contributed by atoms with Gasteiger partial charge in [-0.1, -0.05) is 18.2 Å². The first-order valence-corrected chi connectivity index (χ1v) is 8.94. The van der Waals surface area contributed by atoms with Gasteiger partial charge >= 0.3 is 5.97 Å². The summed E-state index contributed by atoms with van der Waals surface area (Å²) in [5, 5.41) is 0.693. The van der Waals surface area contributed by atoms with Gasteiger partial charge in [-0.25, -0.2) is 4.79 Å². The monoisotopic (exact) mass is 406 g/mol. The van der Waals surface area contributed by atoms with Crippen molar-refractivity contribution in [3.8, 4) is 5.69 Å². The Balaban J connectivity index is 2.43. The second-order valence-electron chi connectivity index (χ2n) is 5.16. The molecule has 0 unspecified atom stereocenters. The number of ether oxygens (including phenoxy) is 1. The molecular formula is C17H15BrN2O3S. The van der Waals surface area contributed by atoms with Crippen LogP contribution in [0.25, 0.3) is 15.9 Å². The van der Waals surface area contributed by atoms with E-state index in [4.69, 9.17) is 10.5 Å². The fraction of sp³-hybridized carbons (Fsp3) is 0.176. The fourth-order valence-corrected chi connectivity index (χ4v) is 4.14. The first-order valence-electron chi connectivity index (χ1n) is 7.33. The summed E-state index contributed by atoms with van der Waals surface area (Å²) in [5.41, 5.74) is 7.79. The van der Waals surface area contributed by atoms with Crippen molar-refractivity contribution < 1.29 is 9.53 Å². The van der Waals surface area contributed by atoms with E-state index < -0.39 is 5.97 Å². The van der Waals surface area contributed by atoms with Gasteiger partial charge in [-0.15, -0.1) is 11.3 Å². The Morgan fingerprint density at radius 3 is 2.62 bits per heavy atom. The van der Waals surface area contributed by atoms with E-state index in [-0.39, 0.29) is 12.2 Å². The Labute approximate surface area is 150 Å². The molecule has 7 heteroatoms. The summed E-state index contributed by atoms with van der Waals surface area (Å²) in [6.45, 7) is 3.81. The minimum absolute atomic E-state index is 0.192. The van der Waals surface area contributed by atoms with Crippen LogP contribution in [0, 0.1) is 6.92 Å². The second-order valence-corrected chi connectivity index (χ2v) is 6.95. The third kappa shape index (κ3) is 2.53. The van der Waals surface area contributed by atoms with Gasteiger partial charge in [0.05, 0.1) is 22.5 Å². The number of nitrogens with two attached hydrogens (primary N) is 1. The molecule has 1 aromatic carbocycles. The summed E-state index contributed by atoms with van der Waals surface area (Å²) in [6.07, 6.45) is 0. The van der Waals surface area contributed by atoms with E-state index in [1.165, 1.54) is 11.3 Å². The van der Waals surface area contributed by atoms with Crippen LogP contribution in [-0.2, 0) is 4.74 Å². The molecule has 2 heterocycles. The normalized spacial score (nSPS) is 11.0. The summed E-state index contributed by atoms with van der Waals surface area (Å²) in [5.74, 6) is -0.473. The molecule has 124 valence electrons. The van der Waals surface area contributed by atoms with Crippen molar-refractivity contribution >= 4 is 49.1 Å². The Bertz CT molecular complexity index is 993. The number of nitrogen functional groups attached to an aromatic ring is 1. The Morgan fingerprint density at radius 2 is 2.00 bits per heavy atom. The summed E-state index contributed by atoms with van der Waals surface area (Å²) < 4.78 is 7.07. The lowest BCUT2D eigenvalue weighted by molar-refractivity contribution is 0.0533. The molecule has 3 rings (SSSR count). The summed E-state index contributed by atoms with van der Waals surface area (Å²) in [7, 11) is 0. The lowest BCUT2D eigenvalue weighted by Gasteiger charge is -2.10. The molecule has 0 bridgehead atoms. The van der Waals surface area contributed by atoms with Crippen LogP contribution in [0.4, 0.5) is 5.69 Å². The van der Waals surface area contributed by atoms with Crippen LogP contribution in [0.1, 0.15) is 22.2 Å². The predicted molar refractivity (Wildman–Crippen MR) is 100 cm³/mol. The highest BCUT2D eigenvalue weighted by molar-refractivity contribution is 9.10. The van der Waals surface area contributed by atoms with Crippen LogP contribution in [0.15, 0.2) is 39.6 Å². The number of halogens is 1. The molecule has 3 aromatic rings. The lowest BCUT2D eigenvalue weighted by atomic mass is 10.1. The highest BCUT2D eigenvalue weighted by Crippen LogP contribution is 2.38. The Kier molecular flexibility index (Phi) is 4.47. The van der Waals surface area contributed by atoms with E-state index in [2.05, 4.69) is 15.9 Å². The number of para-hydroxylation sites is 1. The maximum atomic E-state index is 12.8. The smallest absolute Gasteiger partial charge is 0.350 e. The zero-order valence-corrected chi connectivity index (χ0v) is 15.5. The van der Waals surface area contributed by atoms with E-state index >= 15 is 0 Å². The van der Waals surface area contributed by atoms with Gasteiger partial charge in [0.25, 0.3) is 5.56 Å². The van der Waals surface area contributed by atoms with E-state index in [0.717, 1.165) is 0 Å². The molecule has 0 fully saturated rings. The number of rotatable bonds is 3. The number of anilines is 1. The molecule has 0 atom stereocenters. The summed E-state index contributed by atoms with van der Waals surface area (Å²) >= 11 is 4.53. The van der Waals surface area contributed by atoms with E-state index in [1.54, 1.807) is 18.4 Å². The Morgan fingerprint density at radius 1 is 1.33 bits per heavy atom. The molecule has 2 N–H and O–H groups in total. The van der Waals surface area contributed by atoms with E-state index in [1.807, 2.05) is 30.3 Å². The topological polar surface area (TPSA) is 74.3 Å². The van der Waals surface area contributed by atoms with Crippen molar-refractivity contribution in [2.75, 3.05) is 12.3 Å². The lowest BCUT2D eigenvalue weighted by Crippen LogP contribution is -2.20. The van der Waals surface area contributed by atoms with Gasteiger partial charge in [-0.2, -0.15) is 0 Å². The number of hydrogen-bond donors (Lipinski definition) is 1. The quantitative estimate of drug-likeness (QED) is 0.669. The third-order valence-corrected chi connectivity index (χ3v) is 5.80. The molecule has 0 saturated carbocycles. The van der Waals surface area contributed by atoms with Gasteiger partial charge in [0.1, 0.15) is 9.71 Å². The number of carbonyl (C=O) groups is 1. The standard InChI is InChI=1S/C17H15BrN2O3S/c1-3-23-17(22)14-13(19)11-9(2)12(18)15(21)20(16(11)24-14)10-7-5-4-6-8-10/h4-8H,3,19H2,1-2H3. The van der Waals surface area contributed by atoms with Gasteiger partial charge in [0, 0.05) is 5.39 Å². The van der Waals surface area contributed by atoms with Crippen LogP contribution < -0.4 is 11.3 Å². The van der Waals surface area contributed by atoms with Crippen LogP contribution >= 0.6 is 27.3 Å². The summed E-state index contributed by atoms with van der Waals surface area (Å²) in [4.78, 5) is 25.9. The highest BCUT2D eigenvalue weighted by Gasteiger charge is 2.24. The maximum Gasteiger partial charge on any atom is 0.350 e. The number of pyridine rings is 1. The number of fused-ring (bicyclic) bond motifs is 1. The van der Waals surface area contributed by atoms with Crippen LogP contribution in [0.2, 0.25) is 0 Å². The first-order chi connectivity index (χ1) is 11.5. The number of benzene rings is 1. The van der Waals surface area contributed by atoms with Crippen molar-refractivity contribution in [2.24, 2.45) is 0 Å². The maximum absolute atomic E-state index is 12.8. The molecule has 5 nitrogen and oxygen atoms in total. The SMILES string of the molecule is CCOC(=O)c1sc2c(c(C)c(Br)c(=O)n2-c2ccccc2)c1N. The zero-order valence-electron chi connectivity index (χ0n) is 13.1. The van der Waals surface area contributed by atoms with Crippen LogP contribution in [-0.4, -0.2) is 17.1 Å². The number of nitrogens with zero attached hydrogens (tertiary/aromatic N) is 1. The van der Waals surface area contributed by atoms with Crippen LogP contribution in [0.3, 0.4) is 0 Å². The number of hydrogen-bond acceptors (Lipinski definition) is 5. The molecule has 0 aliphatic rings. The molecule has 0 aliphatic carbocycles. The van der Waals surface area contributed by atoms with Gasteiger partial charge in [-0.3, -0.25) is 9.36 Å². The number of esters is 1. The largest absolute Gasteiger partial charge is 0.462 e. The second kappa shape index (κ2) is 6.41. The molecule has 0 saturated heterocycles. The highest BCUT2D eigenvalue weighted by atomic mass is 79.9. The molecule has 0 spiro atoms. The van der Waals surface area contributed by atoms with Crippen molar-refractivity contribution in [1.29, 1.82) is 0 Å². The Hall–Kier alpha value is -2.12. The number of aromatic nitrogens is 1. The van der Waals surface area contributed by atoms with Crippen LogP contribution in [0.5, 0.6) is 0 Å². The van der Waals surface area contributed by atoms with Gasteiger partial charge < -0.3 is 10.5 Å². The fourth-order valence-electron chi connectivity index (χ4n) is 2.57. The van der Waals surface area contributed by atoms with Gasteiger partial charge in [-0.05, 0) is 47.5 Å². The van der Waals surface area contributed by atoms with Crippen molar-refractivity contribution in [1.82, 2.24) is 4.57 Å². The van der Waals surface area contributed by atoms with E-state index in [0.29, 0.717) is 36.5 Å². The predicted octanol–water partition coefficient (Wildman–Crippen LogP) is 3.88. The molecular weight excluding hydrogens is 392 g/mol. The molecule has 0 radical (unpaired) electrons. The molecule has 2 aromatic heterocycles. The zero-order chi connectivity index (χ0) is 17.4. The average molecular weight is 407 g/mol. The van der Waals surface area contributed by atoms with Gasteiger partial charge in [0.15, 0.2) is 0 Å². The van der Waals surface area contributed by atoms with E-state index in [9.17, 15) is 9.59 Å². The van der Waals surface area contributed by atoms with Crippen molar-refractivity contribution in [3.63, 3.8) is 0 Å². The van der Waals surface area contributed by atoms with Crippen molar-refractivity contribution in [3.05, 3.63) is 55.6 Å². The minimum atomic E-state index is -0.473. The number of thiophene rings is 1. The minimum Gasteiger partial charge on any atom is -0.462 e. The third-order valence-electron chi connectivity index (χ3n) is 3.70. The molecule has 0 aliphatic heterocycles. The molecule has 0 amide bonds. The summed E-state index contributed by atoms with van der Waals surface area (Å²) in [6, 6.07) is 9.25. The molecule has 24 heavy (non-hydrogen) atoms. The number of aryl methyl sites for hydroxylation is 1. The first kappa shape index (κ1) is 16.7. The number of carbonyl (C=O) groups excluding carboxylic acids is 1.